The zero-order chi connectivity index (χ0) is 18.4. The third-order valence-corrected chi connectivity index (χ3v) is 4.94. The number of piperidine rings is 1. The Balaban J connectivity index is 1.52. The van der Waals surface area contributed by atoms with Gasteiger partial charge in [-0.3, -0.25) is 9.59 Å². The van der Waals surface area contributed by atoms with Crippen molar-refractivity contribution in [2.75, 3.05) is 19.6 Å². The molecule has 1 fully saturated rings. The molecule has 1 N–H and O–H groups in total. The molecular formula is C21H23ClN2O2. The van der Waals surface area contributed by atoms with Crippen molar-refractivity contribution in [3.63, 3.8) is 0 Å². The number of likely N-dealkylation sites (tertiary alicyclic amines) is 1. The van der Waals surface area contributed by atoms with Crippen molar-refractivity contribution in [3.05, 3.63) is 70.7 Å². The summed E-state index contributed by atoms with van der Waals surface area (Å²) >= 11 is 5.98. The van der Waals surface area contributed by atoms with E-state index in [4.69, 9.17) is 11.6 Å². The first-order valence-electron chi connectivity index (χ1n) is 9.00. The molecule has 2 aromatic carbocycles. The lowest BCUT2D eigenvalue weighted by Gasteiger charge is -2.32. The molecule has 0 saturated carbocycles. The number of nitrogens with one attached hydrogen (secondary N) is 1. The van der Waals surface area contributed by atoms with E-state index >= 15 is 0 Å². The molecule has 26 heavy (non-hydrogen) atoms. The van der Waals surface area contributed by atoms with Crippen LogP contribution in [0.5, 0.6) is 0 Å². The summed E-state index contributed by atoms with van der Waals surface area (Å²) in [6.07, 6.45) is 2.46. The van der Waals surface area contributed by atoms with Crippen molar-refractivity contribution >= 4 is 23.4 Å². The number of benzene rings is 2. The van der Waals surface area contributed by atoms with Gasteiger partial charge in [-0.15, -0.1) is 0 Å². The molecule has 0 bridgehead atoms. The topological polar surface area (TPSA) is 49.4 Å². The molecule has 1 unspecified atom stereocenters. The fourth-order valence-corrected chi connectivity index (χ4v) is 3.49. The van der Waals surface area contributed by atoms with E-state index in [2.05, 4.69) is 17.4 Å². The molecule has 2 aromatic rings. The normalized spacial score (nSPS) is 17.0. The van der Waals surface area contributed by atoms with Crippen molar-refractivity contribution in [2.45, 2.75) is 19.3 Å². The van der Waals surface area contributed by atoms with Gasteiger partial charge >= 0.3 is 0 Å². The summed E-state index contributed by atoms with van der Waals surface area (Å²) < 4.78 is 0. The van der Waals surface area contributed by atoms with Crippen LogP contribution in [0.2, 0.25) is 5.02 Å². The molecule has 5 heteroatoms. The van der Waals surface area contributed by atoms with Gasteiger partial charge in [0.2, 0.25) is 5.91 Å². The standard InChI is InChI=1S/C21H23ClN2O2/c22-19-10-4-8-17(14-19)21(26)24-13-5-9-18(15-24)20(25)23-12-11-16-6-2-1-3-7-16/h1-4,6-8,10,14,18H,5,9,11-13,15H2,(H,23,25). The Morgan fingerprint density at radius 1 is 1.12 bits per heavy atom. The fraction of sp³-hybridized carbons (Fsp3) is 0.333. The average molecular weight is 371 g/mol. The average Bonchev–Trinajstić information content (AvgIpc) is 2.68. The molecule has 0 aromatic heterocycles. The van der Waals surface area contributed by atoms with Crippen molar-refractivity contribution < 1.29 is 9.59 Å². The molecule has 1 heterocycles. The fourth-order valence-electron chi connectivity index (χ4n) is 3.30. The molecule has 0 spiro atoms. The van der Waals surface area contributed by atoms with E-state index in [0.29, 0.717) is 30.2 Å². The van der Waals surface area contributed by atoms with Crippen LogP contribution in [0.15, 0.2) is 54.6 Å². The predicted molar refractivity (Wildman–Crippen MR) is 103 cm³/mol. The van der Waals surface area contributed by atoms with Crippen LogP contribution in [0.4, 0.5) is 0 Å². The summed E-state index contributed by atoms with van der Waals surface area (Å²) in [7, 11) is 0. The lowest BCUT2D eigenvalue weighted by atomic mass is 9.96. The van der Waals surface area contributed by atoms with Crippen molar-refractivity contribution in [3.8, 4) is 0 Å². The second kappa shape index (κ2) is 8.86. The predicted octanol–water partition coefficient (Wildman–Crippen LogP) is 3.55. The van der Waals surface area contributed by atoms with E-state index in [1.807, 2.05) is 18.2 Å². The Morgan fingerprint density at radius 3 is 2.69 bits per heavy atom. The van der Waals surface area contributed by atoms with Gasteiger partial charge in [0.1, 0.15) is 0 Å². The molecule has 0 aliphatic carbocycles. The second-order valence-electron chi connectivity index (χ2n) is 6.63. The van der Waals surface area contributed by atoms with Crippen LogP contribution >= 0.6 is 11.6 Å². The molecular weight excluding hydrogens is 348 g/mol. The molecule has 3 rings (SSSR count). The Labute approximate surface area is 159 Å². The summed E-state index contributed by atoms with van der Waals surface area (Å²) in [6, 6.07) is 17.0. The number of hydrogen-bond donors (Lipinski definition) is 1. The monoisotopic (exact) mass is 370 g/mol. The van der Waals surface area contributed by atoms with Crippen LogP contribution in [-0.4, -0.2) is 36.3 Å². The maximum absolute atomic E-state index is 12.7. The van der Waals surface area contributed by atoms with E-state index in [0.717, 1.165) is 19.3 Å². The molecule has 2 amide bonds. The number of rotatable bonds is 5. The minimum Gasteiger partial charge on any atom is -0.355 e. The largest absolute Gasteiger partial charge is 0.355 e. The van der Waals surface area contributed by atoms with Crippen LogP contribution in [0, 0.1) is 5.92 Å². The van der Waals surface area contributed by atoms with E-state index in [1.165, 1.54) is 5.56 Å². The number of amides is 2. The zero-order valence-corrected chi connectivity index (χ0v) is 15.4. The number of carbonyl (C=O) groups is 2. The quantitative estimate of drug-likeness (QED) is 0.875. The number of halogens is 1. The molecule has 1 aliphatic rings. The minimum absolute atomic E-state index is 0.0320. The van der Waals surface area contributed by atoms with Gasteiger partial charge in [-0.2, -0.15) is 0 Å². The molecule has 1 saturated heterocycles. The summed E-state index contributed by atoms with van der Waals surface area (Å²) in [5, 5.41) is 3.56. The van der Waals surface area contributed by atoms with Gasteiger partial charge < -0.3 is 10.2 Å². The van der Waals surface area contributed by atoms with Gasteiger partial charge in [0, 0.05) is 30.2 Å². The van der Waals surface area contributed by atoms with Crippen LogP contribution in [0.1, 0.15) is 28.8 Å². The molecule has 0 radical (unpaired) electrons. The molecule has 1 aliphatic heterocycles. The van der Waals surface area contributed by atoms with Gasteiger partial charge in [0.15, 0.2) is 0 Å². The van der Waals surface area contributed by atoms with E-state index < -0.39 is 0 Å². The third kappa shape index (κ3) is 4.85. The van der Waals surface area contributed by atoms with E-state index in [9.17, 15) is 9.59 Å². The van der Waals surface area contributed by atoms with Crippen LogP contribution in [-0.2, 0) is 11.2 Å². The highest BCUT2D eigenvalue weighted by molar-refractivity contribution is 6.30. The lowest BCUT2D eigenvalue weighted by molar-refractivity contribution is -0.126. The zero-order valence-electron chi connectivity index (χ0n) is 14.7. The maximum Gasteiger partial charge on any atom is 0.253 e. The first-order valence-corrected chi connectivity index (χ1v) is 9.38. The Kier molecular flexibility index (Phi) is 6.29. The minimum atomic E-state index is -0.150. The van der Waals surface area contributed by atoms with E-state index in [1.54, 1.807) is 29.2 Å². The van der Waals surface area contributed by atoms with Crippen LogP contribution in [0.3, 0.4) is 0 Å². The highest BCUT2D eigenvalue weighted by atomic mass is 35.5. The van der Waals surface area contributed by atoms with Crippen LogP contribution in [0.25, 0.3) is 0 Å². The lowest BCUT2D eigenvalue weighted by Crippen LogP contribution is -2.45. The Bertz CT molecular complexity index is 764. The van der Waals surface area contributed by atoms with Gasteiger partial charge in [-0.25, -0.2) is 0 Å². The molecule has 136 valence electrons. The summed E-state index contributed by atoms with van der Waals surface area (Å²) in [6.45, 7) is 1.75. The maximum atomic E-state index is 12.7. The number of carbonyl (C=O) groups excluding carboxylic acids is 2. The van der Waals surface area contributed by atoms with E-state index in [-0.39, 0.29) is 17.7 Å². The van der Waals surface area contributed by atoms with Gasteiger partial charge in [-0.05, 0) is 43.0 Å². The SMILES string of the molecule is O=C(NCCc1ccccc1)C1CCCN(C(=O)c2cccc(Cl)c2)C1. The summed E-state index contributed by atoms with van der Waals surface area (Å²) in [5.41, 5.74) is 1.77. The smallest absolute Gasteiger partial charge is 0.253 e. The second-order valence-corrected chi connectivity index (χ2v) is 7.06. The Morgan fingerprint density at radius 2 is 1.92 bits per heavy atom. The van der Waals surface area contributed by atoms with Gasteiger partial charge in [0.05, 0.1) is 5.92 Å². The van der Waals surface area contributed by atoms with Crippen molar-refractivity contribution in [1.82, 2.24) is 10.2 Å². The Hall–Kier alpha value is -2.33. The van der Waals surface area contributed by atoms with Crippen LogP contribution < -0.4 is 5.32 Å². The first-order chi connectivity index (χ1) is 12.6. The van der Waals surface area contributed by atoms with Crippen molar-refractivity contribution in [1.29, 1.82) is 0 Å². The molecule has 4 nitrogen and oxygen atoms in total. The number of nitrogens with zero attached hydrogens (tertiary/aromatic N) is 1. The number of hydrogen-bond acceptors (Lipinski definition) is 2. The van der Waals surface area contributed by atoms with Crippen molar-refractivity contribution in [2.24, 2.45) is 5.92 Å². The highest BCUT2D eigenvalue weighted by Crippen LogP contribution is 2.20. The third-order valence-electron chi connectivity index (χ3n) is 4.71. The summed E-state index contributed by atoms with van der Waals surface area (Å²) in [4.78, 5) is 26.9. The van der Waals surface area contributed by atoms with Gasteiger partial charge in [0.25, 0.3) is 5.91 Å². The van der Waals surface area contributed by atoms with Gasteiger partial charge in [-0.1, -0.05) is 48.0 Å². The summed E-state index contributed by atoms with van der Waals surface area (Å²) in [5.74, 6) is -0.179. The first kappa shape index (κ1) is 18.5. The highest BCUT2D eigenvalue weighted by Gasteiger charge is 2.28. The molecule has 1 atom stereocenters.